The van der Waals surface area contributed by atoms with Crippen molar-refractivity contribution < 1.29 is 24.2 Å². The van der Waals surface area contributed by atoms with Crippen molar-refractivity contribution in [3.63, 3.8) is 0 Å². The maximum absolute atomic E-state index is 12.3. The van der Waals surface area contributed by atoms with Gasteiger partial charge in [-0.05, 0) is 29.7 Å². The van der Waals surface area contributed by atoms with E-state index in [0.717, 1.165) is 11.1 Å². The van der Waals surface area contributed by atoms with Gasteiger partial charge in [-0.15, -0.1) is 0 Å². The SMILES string of the molecule is COC(C(=O)NCc1ccc(OCCCC(=O)O)cc1)c1ccccc1. The zero-order valence-electron chi connectivity index (χ0n) is 14.7. The first-order valence-corrected chi connectivity index (χ1v) is 8.39. The van der Waals surface area contributed by atoms with E-state index in [1.165, 1.54) is 7.11 Å². The summed E-state index contributed by atoms with van der Waals surface area (Å²) >= 11 is 0. The highest BCUT2D eigenvalue weighted by molar-refractivity contribution is 5.82. The molecule has 0 radical (unpaired) electrons. The highest BCUT2D eigenvalue weighted by Gasteiger charge is 2.19. The Morgan fingerprint density at radius 3 is 2.38 bits per heavy atom. The molecule has 2 aromatic carbocycles. The Morgan fingerprint density at radius 1 is 1.08 bits per heavy atom. The van der Waals surface area contributed by atoms with Crippen LogP contribution < -0.4 is 10.1 Å². The molecule has 26 heavy (non-hydrogen) atoms. The van der Waals surface area contributed by atoms with Crippen LogP contribution in [0.25, 0.3) is 0 Å². The van der Waals surface area contributed by atoms with Crippen LogP contribution in [0.4, 0.5) is 0 Å². The number of ether oxygens (including phenoxy) is 2. The number of hydrogen-bond donors (Lipinski definition) is 2. The van der Waals surface area contributed by atoms with E-state index in [-0.39, 0.29) is 12.3 Å². The smallest absolute Gasteiger partial charge is 0.303 e. The van der Waals surface area contributed by atoms with Crippen LogP contribution in [0.2, 0.25) is 0 Å². The molecule has 0 fully saturated rings. The largest absolute Gasteiger partial charge is 0.494 e. The lowest BCUT2D eigenvalue weighted by Crippen LogP contribution is -2.29. The highest BCUT2D eigenvalue weighted by atomic mass is 16.5. The summed E-state index contributed by atoms with van der Waals surface area (Å²) in [7, 11) is 1.51. The number of amides is 1. The second-order valence-corrected chi connectivity index (χ2v) is 5.73. The van der Waals surface area contributed by atoms with Gasteiger partial charge in [-0.1, -0.05) is 42.5 Å². The molecule has 0 saturated carbocycles. The van der Waals surface area contributed by atoms with Gasteiger partial charge in [-0.2, -0.15) is 0 Å². The Bertz CT molecular complexity index is 700. The topological polar surface area (TPSA) is 84.9 Å². The summed E-state index contributed by atoms with van der Waals surface area (Å²) in [6.07, 6.45) is -0.0925. The molecule has 0 aliphatic carbocycles. The molecule has 2 aromatic rings. The fourth-order valence-corrected chi connectivity index (χ4v) is 2.42. The number of nitrogens with one attached hydrogen (secondary N) is 1. The molecule has 0 aliphatic heterocycles. The lowest BCUT2D eigenvalue weighted by atomic mass is 10.1. The summed E-state index contributed by atoms with van der Waals surface area (Å²) in [5.74, 6) is -0.359. The Morgan fingerprint density at radius 2 is 1.77 bits per heavy atom. The van der Waals surface area contributed by atoms with E-state index < -0.39 is 12.1 Å². The van der Waals surface area contributed by atoms with Crippen LogP contribution in [0.15, 0.2) is 54.6 Å². The molecular weight excluding hydrogens is 334 g/mol. The van der Waals surface area contributed by atoms with Crippen molar-refractivity contribution in [3.8, 4) is 5.75 Å². The van der Waals surface area contributed by atoms with E-state index in [1.54, 1.807) is 12.1 Å². The number of rotatable bonds is 10. The monoisotopic (exact) mass is 357 g/mol. The quantitative estimate of drug-likeness (QED) is 0.639. The molecule has 0 bridgehead atoms. The third kappa shape index (κ3) is 6.22. The van der Waals surface area contributed by atoms with Gasteiger partial charge in [0.25, 0.3) is 5.91 Å². The summed E-state index contributed by atoms with van der Waals surface area (Å²) in [4.78, 5) is 22.8. The minimum atomic E-state index is -0.829. The van der Waals surface area contributed by atoms with E-state index in [4.69, 9.17) is 14.6 Å². The van der Waals surface area contributed by atoms with E-state index in [9.17, 15) is 9.59 Å². The van der Waals surface area contributed by atoms with Crippen LogP contribution in [0.3, 0.4) is 0 Å². The van der Waals surface area contributed by atoms with Gasteiger partial charge in [0.15, 0.2) is 6.10 Å². The van der Waals surface area contributed by atoms with Gasteiger partial charge in [0, 0.05) is 20.1 Å². The molecule has 2 rings (SSSR count). The van der Waals surface area contributed by atoms with Crippen LogP contribution in [-0.4, -0.2) is 30.7 Å². The predicted octanol–water partition coefficient (Wildman–Crippen LogP) is 2.93. The Hall–Kier alpha value is -2.86. The average molecular weight is 357 g/mol. The van der Waals surface area contributed by atoms with Gasteiger partial charge in [-0.3, -0.25) is 9.59 Å². The van der Waals surface area contributed by atoms with Crippen molar-refractivity contribution in [2.24, 2.45) is 0 Å². The number of hydrogen-bond acceptors (Lipinski definition) is 4. The molecule has 6 heteroatoms. The Balaban J connectivity index is 1.81. The van der Waals surface area contributed by atoms with E-state index in [1.807, 2.05) is 42.5 Å². The second-order valence-electron chi connectivity index (χ2n) is 5.73. The van der Waals surface area contributed by atoms with E-state index >= 15 is 0 Å². The first-order valence-electron chi connectivity index (χ1n) is 8.39. The van der Waals surface area contributed by atoms with Gasteiger partial charge in [0.2, 0.25) is 0 Å². The van der Waals surface area contributed by atoms with Crippen molar-refractivity contribution in [2.75, 3.05) is 13.7 Å². The normalized spacial score (nSPS) is 11.6. The van der Waals surface area contributed by atoms with Crippen molar-refractivity contribution in [2.45, 2.75) is 25.5 Å². The Kier molecular flexibility index (Phi) is 7.64. The summed E-state index contributed by atoms with van der Waals surface area (Å²) in [5.41, 5.74) is 1.73. The summed E-state index contributed by atoms with van der Waals surface area (Å²) < 4.78 is 10.8. The molecule has 1 unspecified atom stereocenters. The lowest BCUT2D eigenvalue weighted by Gasteiger charge is -2.15. The van der Waals surface area contributed by atoms with Crippen molar-refractivity contribution >= 4 is 11.9 Å². The first-order chi connectivity index (χ1) is 12.6. The molecule has 0 spiro atoms. The third-order valence-corrected chi connectivity index (χ3v) is 3.77. The minimum Gasteiger partial charge on any atom is -0.494 e. The van der Waals surface area contributed by atoms with Crippen LogP contribution in [0, 0.1) is 0 Å². The first kappa shape index (κ1) is 19.5. The van der Waals surface area contributed by atoms with Crippen molar-refractivity contribution in [3.05, 3.63) is 65.7 Å². The highest BCUT2D eigenvalue weighted by Crippen LogP contribution is 2.17. The van der Waals surface area contributed by atoms with Gasteiger partial charge in [0.05, 0.1) is 6.61 Å². The molecule has 138 valence electrons. The molecule has 0 saturated heterocycles. The minimum absolute atomic E-state index is 0.0895. The van der Waals surface area contributed by atoms with Crippen LogP contribution in [-0.2, 0) is 20.9 Å². The van der Waals surface area contributed by atoms with Crippen LogP contribution in [0.5, 0.6) is 5.75 Å². The fraction of sp³-hybridized carbons (Fsp3) is 0.300. The molecule has 0 heterocycles. The number of carbonyl (C=O) groups is 2. The number of carboxylic acid groups (broad SMARTS) is 1. The molecule has 6 nitrogen and oxygen atoms in total. The van der Waals surface area contributed by atoms with Gasteiger partial charge in [0.1, 0.15) is 5.75 Å². The molecule has 0 aromatic heterocycles. The maximum Gasteiger partial charge on any atom is 0.303 e. The van der Waals surface area contributed by atoms with Crippen molar-refractivity contribution in [1.29, 1.82) is 0 Å². The number of methoxy groups -OCH3 is 1. The number of aliphatic carboxylic acids is 1. The molecule has 2 N–H and O–H groups in total. The molecule has 0 aliphatic rings. The molecular formula is C20H23NO5. The van der Waals surface area contributed by atoms with Crippen molar-refractivity contribution in [1.82, 2.24) is 5.32 Å². The predicted molar refractivity (Wildman–Crippen MR) is 96.8 cm³/mol. The average Bonchev–Trinajstić information content (AvgIpc) is 2.66. The lowest BCUT2D eigenvalue weighted by molar-refractivity contribution is -0.137. The number of benzene rings is 2. The summed E-state index contributed by atoms with van der Waals surface area (Å²) in [6.45, 7) is 0.736. The maximum atomic E-state index is 12.3. The van der Waals surface area contributed by atoms with E-state index in [0.29, 0.717) is 25.3 Å². The molecule has 1 amide bonds. The zero-order valence-corrected chi connectivity index (χ0v) is 14.7. The third-order valence-electron chi connectivity index (χ3n) is 3.77. The zero-order chi connectivity index (χ0) is 18.8. The van der Waals surface area contributed by atoms with Gasteiger partial charge < -0.3 is 19.9 Å². The Labute approximate surface area is 152 Å². The summed E-state index contributed by atoms with van der Waals surface area (Å²) in [6, 6.07) is 16.6. The van der Waals surface area contributed by atoms with Gasteiger partial charge >= 0.3 is 5.97 Å². The standard InChI is InChI=1S/C20H23NO5/c1-25-19(16-6-3-2-4-7-16)20(24)21-14-15-9-11-17(12-10-15)26-13-5-8-18(22)23/h2-4,6-7,9-12,19H,5,8,13-14H2,1H3,(H,21,24)(H,22,23). The number of carboxylic acids is 1. The molecule has 1 atom stereocenters. The summed E-state index contributed by atoms with van der Waals surface area (Å²) in [5, 5.41) is 11.4. The fourth-order valence-electron chi connectivity index (χ4n) is 2.42. The second kappa shape index (κ2) is 10.2. The van der Waals surface area contributed by atoms with E-state index in [2.05, 4.69) is 5.32 Å². The van der Waals surface area contributed by atoms with Crippen LogP contribution >= 0.6 is 0 Å². The number of carbonyl (C=O) groups excluding carboxylic acids is 1. The van der Waals surface area contributed by atoms with Crippen LogP contribution in [0.1, 0.15) is 30.1 Å². The van der Waals surface area contributed by atoms with Gasteiger partial charge in [-0.25, -0.2) is 0 Å².